The number of aryl methyl sites for hydroxylation is 1. The number of anilines is 2. The number of hydrogen-bond acceptors (Lipinski definition) is 5. The van der Waals surface area contributed by atoms with E-state index in [-0.39, 0.29) is 36.8 Å². The van der Waals surface area contributed by atoms with E-state index in [1.165, 1.54) is 0 Å². The molecule has 0 radical (unpaired) electrons. The van der Waals surface area contributed by atoms with Crippen molar-refractivity contribution in [1.29, 1.82) is 0 Å². The first-order valence-corrected chi connectivity index (χ1v) is 18.5. The van der Waals surface area contributed by atoms with Crippen molar-refractivity contribution in [3.63, 3.8) is 0 Å². The highest BCUT2D eigenvalue weighted by molar-refractivity contribution is 6.72. The van der Waals surface area contributed by atoms with Gasteiger partial charge >= 0.3 is 0 Å². The number of carbonyl (C=O) groups is 2. The highest BCUT2D eigenvalue weighted by Crippen LogP contribution is 2.49. The van der Waals surface area contributed by atoms with Gasteiger partial charge < -0.3 is 23.6 Å². The predicted octanol–water partition coefficient (Wildman–Crippen LogP) is 6.26. The maximum Gasteiger partial charge on any atom is 0.248 e. The van der Waals surface area contributed by atoms with Gasteiger partial charge in [0.25, 0.3) is 0 Å². The zero-order valence-electron chi connectivity index (χ0n) is 25.8. The fourth-order valence-electron chi connectivity index (χ4n) is 7.31. The normalized spacial score (nSPS) is 23.7. The zero-order valence-corrected chi connectivity index (χ0v) is 26.8. The molecule has 3 aromatic rings. The van der Waals surface area contributed by atoms with E-state index >= 15 is 4.11 Å². The van der Waals surface area contributed by atoms with Gasteiger partial charge in [0.1, 0.15) is 11.9 Å². The lowest BCUT2D eigenvalue weighted by molar-refractivity contribution is -0.136. The van der Waals surface area contributed by atoms with Gasteiger partial charge in [0.15, 0.2) is 0 Å². The summed E-state index contributed by atoms with van der Waals surface area (Å²) in [6.07, 6.45) is 0.705. The average Bonchev–Trinajstić information content (AvgIpc) is 3.02. The zero-order chi connectivity index (χ0) is 31.2. The number of halogens is 1. The number of methoxy groups -OCH3 is 1. The highest BCUT2D eigenvalue weighted by Gasteiger charge is 2.49. The minimum absolute atomic E-state index is 0.00763. The summed E-state index contributed by atoms with van der Waals surface area (Å²) in [5.41, 5.74) is 5.10. The Hall–Kier alpha value is -3.53. The van der Waals surface area contributed by atoms with Gasteiger partial charge in [-0.15, -0.1) is 0 Å². The molecule has 2 amide bonds. The van der Waals surface area contributed by atoms with E-state index in [4.69, 9.17) is 9.47 Å². The first kappa shape index (κ1) is 30.5. The number of benzene rings is 3. The Bertz CT molecular complexity index is 1560. The third kappa shape index (κ3) is 5.57. The fourth-order valence-corrected chi connectivity index (χ4v) is 9.13. The summed E-state index contributed by atoms with van der Waals surface area (Å²) < 4.78 is 28.8. The van der Waals surface area contributed by atoms with E-state index < -0.39 is 26.2 Å². The molecule has 3 aliphatic heterocycles. The Morgan fingerprint density at radius 2 is 1.77 bits per heavy atom. The van der Waals surface area contributed by atoms with Crippen LogP contribution >= 0.6 is 0 Å². The molecule has 3 aliphatic rings. The smallest absolute Gasteiger partial charge is 0.248 e. The molecule has 0 bridgehead atoms. The molecule has 7 nitrogen and oxygen atoms in total. The van der Waals surface area contributed by atoms with Crippen LogP contribution in [0.25, 0.3) is 0 Å². The monoisotopic (exact) mass is 616 g/mol. The number of para-hydroxylation sites is 1. The van der Waals surface area contributed by atoms with Gasteiger partial charge in [-0.2, -0.15) is 0 Å². The van der Waals surface area contributed by atoms with Crippen LogP contribution < -0.4 is 9.64 Å². The molecule has 0 saturated carbocycles. The average molecular weight is 617 g/mol. The second-order valence-electron chi connectivity index (χ2n) is 12.9. The fraction of sp³-hybridized carbons (Fsp3) is 0.429. The summed E-state index contributed by atoms with van der Waals surface area (Å²) in [7, 11) is -1.80. The first-order chi connectivity index (χ1) is 21.1. The van der Waals surface area contributed by atoms with Crippen molar-refractivity contribution in [1.82, 2.24) is 4.90 Å². The Morgan fingerprint density at radius 1 is 1.07 bits per heavy atom. The summed E-state index contributed by atoms with van der Waals surface area (Å²) in [6, 6.07) is 21.2. The lowest BCUT2D eigenvalue weighted by Crippen LogP contribution is -2.50. The van der Waals surface area contributed by atoms with Crippen molar-refractivity contribution in [3.05, 3.63) is 89.0 Å². The Kier molecular flexibility index (Phi) is 8.39. The van der Waals surface area contributed by atoms with Crippen molar-refractivity contribution < 1.29 is 28.3 Å². The molecule has 5 atom stereocenters. The summed E-state index contributed by atoms with van der Waals surface area (Å²) in [6.45, 7) is 5.50. The number of fused-ring (bicyclic) bond motifs is 3. The second kappa shape index (κ2) is 12.1. The van der Waals surface area contributed by atoms with Crippen LogP contribution in [0.2, 0.25) is 18.6 Å². The largest absolute Gasteiger partial charge is 0.490 e. The van der Waals surface area contributed by atoms with E-state index in [1.807, 2.05) is 67.6 Å². The molecule has 3 heterocycles. The van der Waals surface area contributed by atoms with E-state index in [9.17, 15) is 14.7 Å². The Balaban J connectivity index is 1.29. The number of hydrogen-bond donors (Lipinski definition) is 1. The maximum atomic E-state index is 16.2. The van der Waals surface area contributed by atoms with Gasteiger partial charge in [0.05, 0.1) is 24.4 Å². The maximum absolute atomic E-state index is 16.2. The summed E-state index contributed by atoms with van der Waals surface area (Å²) in [4.78, 5) is 30.5. The number of carbonyl (C=O) groups excluding carboxylic acids is 2. The molecule has 0 spiro atoms. The molecule has 3 aromatic carbocycles. The van der Waals surface area contributed by atoms with Crippen LogP contribution in [0.1, 0.15) is 48.1 Å². The van der Waals surface area contributed by atoms with E-state index in [1.54, 1.807) is 30.0 Å². The molecule has 1 unspecified atom stereocenters. The predicted molar refractivity (Wildman–Crippen MR) is 170 cm³/mol. The van der Waals surface area contributed by atoms with Gasteiger partial charge in [-0.3, -0.25) is 14.5 Å². The molecule has 232 valence electrons. The molecule has 0 fully saturated rings. The van der Waals surface area contributed by atoms with Crippen LogP contribution in [0.4, 0.5) is 15.5 Å². The molecule has 6 rings (SSSR count). The molecule has 44 heavy (non-hydrogen) atoms. The van der Waals surface area contributed by atoms with Gasteiger partial charge in [-0.25, -0.2) is 0 Å². The third-order valence-electron chi connectivity index (χ3n) is 9.72. The van der Waals surface area contributed by atoms with Crippen LogP contribution in [-0.2, 0) is 33.7 Å². The summed E-state index contributed by atoms with van der Waals surface area (Å²) in [5.74, 6) is 0.181. The Morgan fingerprint density at radius 3 is 2.48 bits per heavy atom. The third-order valence-corrected chi connectivity index (χ3v) is 12.0. The van der Waals surface area contributed by atoms with Crippen molar-refractivity contribution in [2.75, 3.05) is 18.6 Å². The number of aliphatic hydroxyl groups is 1. The quantitative estimate of drug-likeness (QED) is 0.250. The van der Waals surface area contributed by atoms with Crippen LogP contribution in [0, 0.1) is 5.92 Å². The van der Waals surface area contributed by atoms with E-state index in [0.717, 1.165) is 33.6 Å². The number of amides is 2. The second-order valence-corrected chi connectivity index (χ2v) is 16.8. The van der Waals surface area contributed by atoms with Gasteiger partial charge in [-0.1, -0.05) is 49.4 Å². The van der Waals surface area contributed by atoms with Crippen LogP contribution in [0.5, 0.6) is 5.75 Å². The summed E-state index contributed by atoms with van der Waals surface area (Å²) in [5, 5.41) is 10.2. The van der Waals surface area contributed by atoms with E-state index in [0.29, 0.717) is 31.6 Å². The number of rotatable bonds is 7. The van der Waals surface area contributed by atoms with Crippen molar-refractivity contribution in [2.45, 2.75) is 76.0 Å². The molecular weight excluding hydrogens is 575 g/mol. The molecule has 0 saturated heterocycles. The van der Waals surface area contributed by atoms with Crippen molar-refractivity contribution in [3.8, 4) is 5.75 Å². The minimum Gasteiger partial charge on any atom is -0.490 e. The minimum atomic E-state index is -3.44. The summed E-state index contributed by atoms with van der Waals surface area (Å²) >= 11 is 0. The molecular formula is C35H41FN2O5Si. The lowest BCUT2D eigenvalue weighted by atomic mass is 9.85. The SMILES string of the molecule is CO[C@H]1c2cc(N3C(=O)CCc4ccccc43)ccc2O[C@@H](C(CC(=O)N2Cc3ccccc3C[C@H]2CO)[Si](C)(C)F)[C@@H]1C. The van der Waals surface area contributed by atoms with Crippen LogP contribution in [0.15, 0.2) is 66.7 Å². The number of ether oxygens (including phenoxy) is 2. The molecule has 9 heteroatoms. The molecule has 0 aromatic heterocycles. The van der Waals surface area contributed by atoms with Crippen molar-refractivity contribution >= 4 is 31.6 Å². The van der Waals surface area contributed by atoms with Gasteiger partial charge in [-0.05, 0) is 66.9 Å². The number of nitrogens with zero attached hydrogens (tertiary/aromatic N) is 2. The number of aliphatic hydroxyl groups excluding tert-OH is 1. The van der Waals surface area contributed by atoms with Crippen LogP contribution in [0.3, 0.4) is 0 Å². The highest BCUT2D eigenvalue weighted by atomic mass is 28.4. The van der Waals surface area contributed by atoms with Gasteiger partial charge in [0, 0.05) is 49.2 Å². The van der Waals surface area contributed by atoms with E-state index in [2.05, 4.69) is 6.07 Å². The van der Waals surface area contributed by atoms with Gasteiger partial charge in [0.2, 0.25) is 20.2 Å². The first-order valence-electron chi connectivity index (χ1n) is 15.5. The standard InChI is InChI=1S/C35H41FN2O5Si/c1-22-34(42-2)28-18-26(38-29-12-8-7-9-23(29)13-16-32(38)40)14-15-30(28)43-35(22)31(44(3,4)36)19-33(41)37-20-25-11-6-5-10-24(25)17-27(37)21-39/h5-12,14-15,18,22,27,31,34-35,39H,13,16-17,19-21H2,1-4H3/t22-,27+,31?,34-,35-/m1/s1. The topological polar surface area (TPSA) is 79.3 Å². The molecule has 1 N–H and O–H groups in total. The molecule has 0 aliphatic carbocycles. The lowest BCUT2D eigenvalue weighted by Gasteiger charge is -2.44. The van der Waals surface area contributed by atoms with Crippen LogP contribution in [-0.4, -0.2) is 56.1 Å². The van der Waals surface area contributed by atoms with Crippen molar-refractivity contribution in [2.24, 2.45) is 5.92 Å². The Labute approximate surface area is 259 Å².